The molecular formula is C22H26N2O2. The standard InChI is InChI=1S/C22H26N2O2/c25-21(22(11-12-22)19-7-3-1-4-8-19)24-15-13-23(14-16-24)17-18-26-20-9-5-2-6-10-20/h1-10H,11-18H2. The molecule has 2 fully saturated rings. The van der Waals surface area contributed by atoms with Crippen molar-refractivity contribution < 1.29 is 9.53 Å². The van der Waals surface area contributed by atoms with Gasteiger partial charge in [0.25, 0.3) is 0 Å². The van der Waals surface area contributed by atoms with Gasteiger partial charge in [-0.1, -0.05) is 48.5 Å². The van der Waals surface area contributed by atoms with Crippen molar-refractivity contribution in [2.45, 2.75) is 18.3 Å². The van der Waals surface area contributed by atoms with Crippen LogP contribution in [0, 0.1) is 0 Å². The van der Waals surface area contributed by atoms with E-state index in [1.165, 1.54) is 5.56 Å². The predicted octanol–water partition coefficient (Wildman–Crippen LogP) is 2.94. The molecule has 1 heterocycles. The van der Waals surface area contributed by atoms with Gasteiger partial charge in [-0.15, -0.1) is 0 Å². The van der Waals surface area contributed by atoms with E-state index in [1.807, 2.05) is 48.5 Å². The molecule has 2 aliphatic rings. The number of benzene rings is 2. The van der Waals surface area contributed by atoms with Crippen molar-refractivity contribution in [2.75, 3.05) is 39.3 Å². The minimum atomic E-state index is -0.236. The predicted molar refractivity (Wildman–Crippen MR) is 102 cm³/mol. The Morgan fingerprint density at radius 2 is 1.50 bits per heavy atom. The summed E-state index contributed by atoms with van der Waals surface area (Å²) in [4.78, 5) is 17.5. The minimum Gasteiger partial charge on any atom is -0.492 e. The van der Waals surface area contributed by atoms with Crippen LogP contribution in [0.5, 0.6) is 5.75 Å². The van der Waals surface area contributed by atoms with Gasteiger partial charge >= 0.3 is 0 Å². The first kappa shape index (κ1) is 17.1. The molecule has 136 valence electrons. The van der Waals surface area contributed by atoms with Crippen molar-refractivity contribution in [1.29, 1.82) is 0 Å². The van der Waals surface area contributed by atoms with Gasteiger partial charge in [0.2, 0.25) is 5.91 Å². The Hall–Kier alpha value is -2.33. The average molecular weight is 350 g/mol. The minimum absolute atomic E-state index is 0.236. The number of rotatable bonds is 6. The van der Waals surface area contributed by atoms with Gasteiger partial charge in [0.05, 0.1) is 5.41 Å². The largest absolute Gasteiger partial charge is 0.492 e. The Bertz CT molecular complexity index is 720. The Morgan fingerprint density at radius 1 is 0.885 bits per heavy atom. The fraction of sp³-hybridized carbons (Fsp3) is 0.409. The first-order chi connectivity index (χ1) is 12.8. The molecule has 26 heavy (non-hydrogen) atoms. The maximum atomic E-state index is 13.1. The van der Waals surface area contributed by atoms with Crippen LogP contribution < -0.4 is 4.74 Å². The summed E-state index contributed by atoms with van der Waals surface area (Å²) in [5.41, 5.74) is 0.948. The summed E-state index contributed by atoms with van der Waals surface area (Å²) in [6.45, 7) is 5.08. The Kier molecular flexibility index (Phi) is 4.93. The van der Waals surface area contributed by atoms with Gasteiger partial charge in [-0.25, -0.2) is 0 Å². The number of para-hydroxylation sites is 1. The van der Waals surface area contributed by atoms with Crippen molar-refractivity contribution in [3.63, 3.8) is 0 Å². The third-order valence-electron chi connectivity index (χ3n) is 5.56. The summed E-state index contributed by atoms with van der Waals surface area (Å²) in [6, 6.07) is 20.2. The lowest BCUT2D eigenvalue weighted by molar-refractivity contribution is -0.135. The van der Waals surface area contributed by atoms with Crippen LogP contribution in [0.15, 0.2) is 60.7 Å². The number of ether oxygens (including phenoxy) is 1. The lowest BCUT2D eigenvalue weighted by Gasteiger charge is -2.36. The molecule has 0 spiro atoms. The van der Waals surface area contributed by atoms with Crippen molar-refractivity contribution in [3.8, 4) is 5.75 Å². The topological polar surface area (TPSA) is 32.8 Å². The van der Waals surface area contributed by atoms with Crippen molar-refractivity contribution in [3.05, 3.63) is 66.2 Å². The molecular weight excluding hydrogens is 324 g/mol. The number of amides is 1. The van der Waals surface area contributed by atoms with E-state index >= 15 is 0 Å². The molecule has 4 nitrogen and oxygen atoms in total. The second kappa shape index (κ2) is 7.50. The zero-order valence-electron chi connectivity index (χ0n) is 15.1. The highest BCUT2D eigenvalue weighted by Crippen LogP contribution is 2.49. The van der Waals surface area contributed by atoms with Gasteiger partial charge in [-0.3, -0.25) is 9.69 Å². The van der Waals surface area contributed by atoms with Gasteiger partial charge in [-0.05, 0) is 30.5 Å². The molecule has 2 aromatic rings. The molecule has 1 aliphatic carbocycles. The first-order valence-corrected chi connectivity index (χ1v) is 9.53. The molecule has 0 radical (unpaired) electrons. The summed E-state index contributed by atoms with van der Waals surface area (Å²) in [7, 11) is 0. The number of hydrogen-bond acceptors (Lipinski definition) is 3. The molecule has 1 aliphatic heterocycles. The van der Waals surface area contributed by atoms with Crippen LogP contribution in [-0.4, -0.2) is 55.0 Å². The highest BCUT2D eigenvalue weighted by molar-refractivity contribution is 5.91. The van der Waals surface area contributed by atoms with E-state index in [0.29, 0.717) is 12.5 Å². The summed E-state index contributed by atoms with van der Waals surface area (Å²) >= 11 is 0. The highest BCUT2D eigenvalue weighted by atomic mass is 16.5. The number of carbonyl (C=O) groups excluding carboxylic acids is 1. The third-order valence-corrected chi connectivity index (χ3v) is 5.56. The van der Waals surface area contributed by atoms with Crippen molar-refractivity contribution in [1.82, 2.24) is 9.80 Å². The molecule has 0 bridgehead atoms. The molecule has 1 saturated carbocycles. The monoisotopic (exact) mass is 350 g/mol. The van der Waals surface area contributed by atoms with Gasteiger partial charge in [0.1, 0.15) is 12.4 Å². The van der Waals surface area contributed by atoms with Crippen LogP contribution in [0.25, 0.3) is 0 Å². The van der Waals surface area contributed by atoms with E-state index in [1.54, 1.807) is 0 Å². The third kappa shape index (κ3) is 3.61. The summed E-state index contributed by atoms with van der Waals surface area (Å²) in [6.07, 6.45) is 1.97. The number of piperazine rings is 1. The summed E-state index contributed by atoms with van der Waals surface area (Å²) < 4.78 is 5.78. The SMILES string of the molecule is O=C(N1CCN(CCOc2ccccc2)CC1)C1(c2ccccc2)CC1. The number of carbonyl (C=O) groups is 1. The van der Waals surface area contributed by atoms with Crippen LogP contribution in [-0.2, 0) is 10.2 Å². The number of hydrogen-bond donors (Lipinski definition) is 0. The molecule has 1 saturated heterocycles. The lowest BCUT2D eigenvalue weighted by Crippen LogP contribution is -2.52. The Labute approximate surface area is 155 Å². The van der Waals surface area contributed by atoms with Gasteiger partial charge in [0, 0.05) is 32.7 Å². The average Bonchev–Trinajstić information content (AvgIpc) is 3.52. The second-order valence-electron chi connectivity index (χ2n) is 7.24. The van der Waals surface area contributed by atoms with Gasteiger partial charge < -0.3 is 9.64 Å². The Morgan fingerprint density at radius 3 is 2.12 bits per heavy atom. The summed E-state index contributed by atoms with van der Waals surface area (Å²) in [5.74, 6) is 1.24. The van der Waals surface area contributed by atoms with E-state index in [9.17, 15) is 4.79 Å². The quantitative estimate of drug-likeness (QED) is 0.803. The molecule has 4 rings (SSSR count). The number of nitrogens with zero attached hydrogens (tertiary/aromatic N) is 2. The first-order valence-electron chi connectivity index (χ1n) is 9.53. The van der Waals surface area contributed by atoms with E-state index < -0.39 is 0 Å². The van der Waals surface area contributed by atoms with Crippen LogP contribution in [0.3, 0.4) is 0 Å². The molecule has 2 aromatic carbocycles. The fourth-order valence-electron chi connectivity index (χ4n) is 3.79. The fourth-order valence-corrected chi connectivity index (χ4v) is 3.79. The smallest absolute Gasteiger partial charge is 0.233 e. The van der Waals surface area contributed by atoms with E-state index in [-0.39, 0.29) is 5.41 Å². The van der Waals surface area contributed by atoms with Gasteiger partial charge in [-0.2, -0.15) is 0 Å². The molecule has 4 heteroatoms. The van der Waals surface area contributed by atoms with Crippen LogP contribution >= 0.6 is 0 Å². The zero-order chi connectivity index (χ0) is 17.8. The van der Waals surface area contributed by atoms with E-state index in [0.717, 1.165) is 51.3 Å². The maximum Gasteiger partial charge on any atom is 0.233 e. The normalized spacial score (nSPS) is 19.2. The second-order valence-corrected chi connectivity index (χ2v) is 7.24. The molecule has 0 atom stereocenters. The molecule has 0 N–H and O–H groups in total. The lowest BCUT2D eigenvalue weighted by atomic mass is 9.94. The van der Waals surface area contributed by atoms with Crippen LogP contribution in [0.1, 0.15) is 18.4 Å². The van der Waals surface area contributed by atoms with E-state index in [4.69, 9.17) is 4.74 Å². The summed E-state index contributed by atoms with van der Waals surface area (Å²) in [5, 5.41) is 0. The molecule has 0 unspecified atom stereocenters. The van der Waals surface area contributed by atoms with Crippen molar-refractivity contribution >= 4 is 5.91 Å². The van der Waals surface area contributed by atoms with E-state index in [2.05, 4.69) is 21.9 Å². The van der Waals surface area contributed by atoms with Crippen LogP contribution in [0.2, 0.25) is 0 Å². The van der Waals surface area contributed by atoms with Gasteiger partial charge in [0.15, 0.2) is 0 Å². The highest BCUT2D eigenvalue weighted by Gasteiger charge is 2.53. The molecule has 1 amide bonds. The Balaban J connectivity index is 1.25. The van der Waals surface area contributed by atoms with Crippen molar-refractivity contribution in [2.24, 2.45) is 0 Å². The zero-order valence-corrected chi connectivity index (χ0v) is 15.1. The van der Waals surface area contributed by atoms with Crippen LogP contribution in [0.4, 0.5) is 0 Å². The molecule has 0 aromatic heterocycles. The maximum absolute atomic E-state index is 13.1.